The van der Waals surface area contributed by atoms with Gasteiger partial charge in [0.2, 0.25) is 0 Å². The van der Waals surface area contributed by atoms with Crippen LogP contribution < -0.4 is 11.5 Å². The SMILES string of the molecule is Nc1csc2ncnc(N)c12. The molecule has 2 aromatic rings. The molecule has 0 spiro atoms. The van der Waals surface area contributed by atoms with Crippen molar-refractivity contribution in [2.75, 3.05) is 11.5 Å². The quantitative estimate of drug-likeness (QED) is 0.608. The second kappa shape index (κ2) is 2.06. The largest absolute Gasteiger partial charge is 0.397 e. The van der Waals surface area contributed by atoms with E-state index in [9.17, 15) is 0 Å². The van der Waals surface area contributed by atoms with Gasteiger partial charge in [0, 0.05) is 5.38 Å². The van der Waals surface area contributed by atoms with Crippen LogP contribution in [0.5, 0.6) is 0 Å². The minimum absolute atomic E-state index is 0.453. The van der Waals surface area contributed by atoms with Gasteiger partial charge in [-0.05, 0) is 0 Å². The zero-order chi connectivity index (χ0) is 7.84. The van der Waals surface area contributed by atoms with Crippen LogP contribution in [0.1, 0.15) is 0 Å². The molecule has 2 rings (SSSR count). The summed E-state index contributed by atoms with van der Waals surface area (Å²) in [5, 5.41) is 2.59. The summed E-state index contributed by atoms with van der Waals surface area (Å²) in [5.74, 6) is 0.453. The molecule has 0 aliphatic carbocycles. The molecule has 0 amide bonds. The molecular formula is C6H6N4S. The van der Waals surface area contributed by atoms with E-state index >= 15 is 0 Å². The summed E-state index contributed by atoms with van der Waals surface area (Å²) in [7, 11) is 0. The highest BCUT2D eigenvalue weighted by Gasteiger charge is 2.04. The molecule has 0 atom stereocenters. The standard InChI is InChI=1S/C6H6N4S/c7-3-1-11-6-4(3)5(8)9-2-10-6/h1-2H,7H2,(H2,8,9,10). The fraction of sp³-hybridized carbons (Fsp3) is 0. The molecule has 2 heterocycles. The molecule has 4 N–H and O–H groups in total. The van der Waals surface area contributed by atoms with Crippen LogP contribution in [-0.2, 0) is 0 Å². The molecule has 0 bridgehead atoms. The van der Waals surface area contributed by atoms with E-state index in [-0.39, 0.29) is 0 Å². The van der Waals surface area contributed by atoms with Crippen LogP contribution in [0.15, 0.2) is 11.7 Å². The lowest BCUT2D eigenvalue weighted by atomic mass is 10.3. The van der Waals surface area contributed by atoms with Crippen molar-refractivity contribution in [3.8, 4) is 0 Å². The molecule has 0 saturated carbocycles. The lowest BCUT2D eigenvalue weighted by molar-refractivity contribution is 1.24. The molecular weight excluding hydrogens is 160 g/mol. The van der Waals surface area contributed by atoms with Crippen molar-refractivity contribution in [3.63, 3.8) is 0 Å². The van der Waals surface area contributed by atoms with Gasteiger partial charge in [0.1, 0.15) is 17.0 Å². The van der Waals surface area contributed by atoms with E-state index in [0.717, 1.165) is 10.2 Å². The Morgan fingerprint density at radius 3 is 2.82 bits per heavy atom. The number of nitrogens with zero attached hydrogens (tertiary/aromatic N) is 2. The Balaban J connectivity index is 2.96. The first-order chi connectivity index (χ1) is 5.29. The van der Waals surface area contributed by atoms with E-state index < -0.39 is 0 Å². The second-order valence-electron chi connectivity index (χ2n) is 2.13. The molecule has 2 aromatic heterocycles. The van der Waals surface area contributed by atoms with E-state index in [1.165, 1.54) is 17.7 Å². The monoisotopic (exact) mass is 166 g/mol. The molecule has 11 heavy (non-hydrogen) atoms. The third kappa shape index (κ3) is 0.813. The first-order valence-corrected chi connectivity index (χ1v) is 3.90. The van der Waals surface area contributed by atoms with Crippen molar-refractivity contribution < 1.29 is 0 Å². The first kappa shape index (κ1) is 6.36. The summed E-state index contributed by atoms with van der Waals surface area (Å²) in [6.45, 7) is 0. The Morgan fingerprint density at radius 1 is 1.27 bits per heavy atom. The molecule has 0 fully saturated rings. The average molecular weight is 166 g/mol. The number of fused-ring (bicyclic) bond motifs is 1. The van der Waals surface area contributed by atoms with E-state index in [1.807, 2.05) is 5.38 Å². The molecule has 56 valence electrons. The Kier molecular flexibility index (Phi) is 1.19. The number of nitrogens with two attached hydrogens (primary N) is 2. The van der Waals surface area contributed by atoms with Crippen molar-refractivity contribution in [1.29, 1.82) is 0 Å². The van der Waals surface area contributed by atoms with Crippen LogP contribution in [0.4, 0.5) is 11.5 Å². The van der Waals surface area contributed by atoms with Crippen LogP contribution >= 0.6 is 11.3 Å². The Labute approximate surface area is 66.9 Å². The van der Waals surface area contributed by atoms with E-state index in [4.69, 9.17) is 11.5 Å². The summed E-state index contributed by atoms with van der Waals surface area (Å²) >= 11 is 1.47. The Bertz CT molecular complexity index is 394. The summed E-state index contributed by atoms with van der Waals surface area (Å²) in [4.78, 5) is 8.69. The Morgan fingerprint density at radius 2 is 2.09 bits per heavy atom. The number of thiophene rings is 1. The van der Waals surface area contributed by atoms with Crippen molar-refractivity contribution in [2.24, 2.45) is 0 Å². The fourth-order valence-electron chi connectivity index (χ4n) is 0.921. The zero-order valence-electron chi connectivity index (χ0n) is 5.61. The molecule has 0 unspecified atom stereocenters. The van der Waals surface area contributed by atoms with Crippen LogP contribution in [-0.4, -0.2) is 9.97 Å². The predicted octanol–water partition coefficient (Wildman–Crippen LogP) is 0.856. The van der Waals surface area contributed by atoms with Gasteiger partial charge >= 0.3 is 0 Å². The molecule has 0 saturated heterocycles. The van der Waals surface area contributed by atoms with Gasteiger partial charge in [0.25, 0.3) is 0 Å². The normalized spacial score (nSPS) is 10.5. The van der Waals surface area contributed by atoms with Crippen LogP contribution in [0.3, 0.4) is 0 Å². The lowest BCUT2D eigenvalue weighted by Crippen LogP contribution is -1.93. The first-order valence-electron chi connectivity index (χ1n) is 3.02. The zero-order valence-corrected chi connectivity index (χ0v) is 6.43. The molecule has 0 aliphatic heterocycles. The Hall–Kier alpha value is -1.36. The summed E-state index contributed by atoms with van der Waals surface area (Å²) in [6, 6.07) is 0. The topological polar surface area (TPSA) is 77.8 Å². The summed E-state index contributed by atoms with van der Waals surface area (Å²) < 4.78 is 0. The maximum atomic E-state index is 5.63. The van der Waals surface area contributed by atoms with Crippen LogP contribution in [0.2, 0.25) is 0 Å². The maximum Gasteiger partial charge on any atom is 0.137 e. The smallest absolute Gasteiger partial charge is 0.137 e. The van der Waals surface area contributed by atoms with Gasteiger partial charge in [-0.15, -0.1) is 11.3 Å². The minimum Gasteiger partial charge on any atom is -0.397 e. The average Bonchev–Trinajstić information content (AvgIpc) is 2.34. The molecule has 0 aliphatic rings. The number of anilines is 2. The van der Waals surface area contributed by atoms with E-state index in [2.05, 4.69) is 9.97 Å². The van der Waals surface area contributed by atoms with Gasteiger partial charge in [-0.2, -0.15) is 0 Å². The predicted molar refractivity (Wildman–Crippen MR) is 46.2 cm³/mol. The number of rotatable bonds is 0. The highest BCUT2D eigenvalue weighted by Crippen LogP contribution is 2.28. The van der Waals surface area contributed by atoms with E-state index in [0.29, 0.717) is 11.5 Å². The maximum absolute atomic E-state index is 5.63. The van der Waals surface area contributed by atoms with Crippen molar-refractivity contribution in [2.45, 2.75) is 0 Å². The number of hydrogen-bond acceptors (Lipinski definition) is 5. The molecule has 4 nitrogen and oxygen atoms in total. The third-order valence-corrected chi connectivity index (χ3v) is 2.33. The minimum atomic E-state index is 0.453. The van der Waals surface area contributed by atoms with Gasteiger partial charge in [-0.3, -0.25) is 0 Å². The summed E-state index contributed by atoms with van der Waals surface area (Å²) in [6.07, 6.45) is 1.44. The van der Waals surface area contributed by atoms with E-state index in [1.54, 1.807) is 0 Å². The highest BCUT2D eigenvalue weighted by atomic mass is 32.1. The van der Waals surface area contributed by atoms with Gasteiger partial charge in [-0.25, -0.2) is 9.97 Å². The number of hydrogen-bond donors (Lipinski definition) is 2. The fourth-order valence-corrected chi connectivity index (χ4v) is 1.73. The highest BCUT2D eigenvalue weighted by molar-refractivity contribution is 7.17. The molecule has 5 heteroatoms. The second-order valence-corrected chi connectivity index (χ2v) is 2.99. The van der Waals surface area contributed by atoms with Gasteiger partial charge in [0.05, 0.1) is 11.1 Å². The van der Waals surface area contributed by atoms with Gasteiger partial charge in [0.15, 0.2) is 0 Å². The third-order valence-electron chi connectivity index (χ3n) is 1.43. The summed E-state index contributed by atoms with van der Waals surface area (Å²) in [5.41, 5.74) is 11.9. The number of nitrogen functional groups attached to an aromatic ring is 2. The lowest BCUT2D eigenvalue weighted by Gasteiger charge is -1.93. The molecule has 0 aromatic carbocycles. The van der Waals surface area contributed by atoms with Crippen molar-refractivity contribution in [3.05, 3.63) is 11.7 Å². The van der Waals surface area contributed by atoms with Gasteiger partial charge in [-0.1, -0.05) is 0 Å². The van der Waals surface area contributed by atoms with Gasteiger partial charge < -0.3 is 11.5 Å². The van der Waals surface area contributed by atoms with Crippen LogP contribution in [0, 0.1) is 0 Å². The van der Waals surface area contributed by atoms with Crippen molar-refractivity contribution in [1.82, 2.24) is 9.97 Å². The van der Waals surface area contributed by atoms with Crippen molar-refractivity contribution >= 4 is 33.1 Å². The van der Waals surface area contributed by atoms with Crippen LogP contribution in [0.25, 0.3) is 10.2 Å². The molecule has 0 radical (unpaired) electrons. The number of aromatic nitrogens is 2.